The van der Waals surface area contributed by atoms with E-state index in [-0.39, 0.29) is 5.91 Å². The topological polar surface area (TPSA) is 42.0 Å². The summed E-state index contributed by atoms with van der Waals surface area (Å²) in [6.45, 7) is 12.4. The molecule has 16 heavy (non-hydrogen) atoms. The van der Waals surface area contributed by atoms with Crippen molar-refractivity contribution in [1.82, 2.24) is 10.3 Å². The molecular weight excluding hydrogens is 200 g/mol. The second-order valence-electron chi connectivity index (χ2n) is 2.55. The van der Waals surface area contributed by atoms with Crippen LogP contribution in [0.5, 0.6) is 0 Å². The van der Waals surface area contributed by atoms with Crippen molar-refractivity contribution in [3.05, 3.63) is 29.6 Å². The van der Waals surface area contributed by atoms with E-state index in [1.165, 1.54) is 0 Å². The zero-order chi connectivity index (χ0) is 13.0. The molecule has 0 atom stereocenters. The van der Waals surface area contributed by atoms with E-state index in [9.17, 15) is 4.79 Å². The van der Waals surface area contributed by atoms with Gasteiger partial charge in [0.2, 0.25) is 0 Å². The van der Waals surface area contributed by atoms with Crippen molar-refractivity contribution in [3.8, 4) is 0 Å². The van der Waals surface area contributed by atoms with Crippen LogP contribution in [-0.4, -0.2) is 17.4 Å². The van der Waals surface area contributed by atoms with E-state index >= 15 is 0 Å². The molecule has 0 spiro atoms. The normalized spacial score (nSPS) is 7.88. The first-order chi connectivity index (χ1) is 7.74. The Morgan fingerprint density at radius 2 is 1.81 bits per heavy atom. The fraction of sp³-hybridized carbons (Fsp3) is 0.538. The lowest BCUT2D eigenvalue weighted by Crippen LogP contribution is -2.22. The van der Waals surface area contributed by atoms with Crippen molar-refractivity contribution in [2.45, 2.75) is 41.5 Å². The first-order valence-corrected chi connectivity index (χ1v) is 5.95. The highest BCUT2D eigenvalue weighted by Crippen LogP contribution is 1.98. The molecule has 3 heteroatoms. The van der Waals surface area contributed by atoms with Crippen LogP contribution in [0, 0.1) is 6.92 Å². The Kier molecular flexibility index (Phi) is 12.4. The van der Waals surface area contributed by atoms with E-state index in [0.29, 0.717) is 12.1 Å². The third-order valence-corrected chi connectivity index (χ3v) is 1.51. The number of pyridine rings is 1. The fourth-order valence-corrected chi connectivity index (χ4v) is 0.865. The standard InChI is InChI=1S/C9H12N2O.2C2H6/c1-3-10-9(12)8-5-4-7(2)11-6-8;2*1-2/h4-6H,3H2,1-2H3,(H,10,12);2*1-2H3. The summed E-state index contributed by atoms with van der Waals surface area (Å²) in [7, 11) is 0. The van der Waals surface area contributed by atoms with E-state index in [1.807, 2.05) is 47.6 Å². The molecule has 0 unspecified atom stereocenters. The average Bonchev–Trinajstić information content (AvgIpc) is 2.35. The van der Waals surface area contributed by atoms with Crippen molar-refractivity contribution in [2.24, 2.45) is 0 Å². The largest absolute Gasteiger partial charge is 0.352 e. The van der Waals surface area contributed by atoms with Crippen molar-refractivity contribution in [1.29, 1.82) is 0 Å². The molecule has 0 saturated heterocycles. The van der Waals surface area contributed by atoms with E-state index < -0.39 is 0 Å². The molecule has 0 radical (unpaired) electrons. The number of hydrogen-bond acceptors (Lipinski definition) is 2. The molecule has 1 amide bonds. The number of aryl methyl sites for hydroxylation is 1. The van der Waals surface area contributed by atoms with Gasteiger partial charge in [-0.1, -0.05) is 27.7 Å². The van der Waals surface area contributed by atoms with Crippen molar-refractivity contribution in [3.63, 3.8) is 0 Å². The summed E-state index contributed by atoms with van der Waals surface area (Å²) in [6, 6.07) is 3.60. The highest BCUT2D eigenvalue weighted by molar-refractivity contribution is 5.93. The van der Waals surface area contributed by atoms with E-state index in [0.717, 1.165) is 5.69 Å². The van der Waals surface area contributed by atoms with Gasteiger partial charge in [0.25, 0.3) is 5.91 Å². The Morgan fingerprint density at radius 1 is 1.25 bits per heavy atom. The van der Waals surface area contributed by atoms with Gasteiger partial charge >= 0.3 is 0 Å². The van der Waals surface area contributed by atoms with E-state index in [2.05, 4.69) is 10.3 Å². The van der Waals surface area contributed by atoms with Gasteiger partial charge in [-0.25, -0.2) is 0 Å². The minimum atomic E-state index is -0.0648. The van der Waals surface area contributed by atoms with Gasteiger partial charge in [-0.3, -0.25) is 9.78 Å². The predicted octanol–water partition coefficient (Wildman–Crippen LogP) is 3.19. The first-order valence-electron chi connectivity index (χ1n) is 5.95. The molecule has 0 aliphatic rings. The number of carbonyl (C=O) groups excluding carboxylic acids is 1. The summed E-state index contributed by atoms with van der Waals surface area (Å²) < 4.78 is 0. The van der Waals surface area contributed by atoms with Crippen LogP contribution in [0.1, 0.15) is 50.7 Å². The van der Waals surface area contributed by atoms with Gasteiger partial charge in [0.05, 0.1) is 5.56 Å². The Labute approximate surface area is 99.3 Å². The molecule has 1 aromatic heterocycles. The maximum absolute atomic E-state index is 11.2. The lowest BCUT2D eigenvalue weighted by Gasteiger charge is -2.00. The zero-order valence-corrected chi connectivity index (χ0v) is 11.3. The molecule has 3 nitrogen and oxygen atoms in total. The second-order valence-corrected chi connectivity index (χ2v) is 2.55. The Hall–Kier alpha value is -1.38. The smallest absolute Gasteiger partial charge is 0.252 e. The minimum absolute atomic E-state index is 0.0648. The average molecular weight is 224 g/mol. The van der Waals surface area contributed by atoms with Crippen LogP contribution in [0.4, 0.5) is 0 Å². The number of nitrogens with zero attached hydrogens (tertiary/aromatic N) is 1. The van der Waals surface area contributed by atoms with Crippen LogP contribution in [-0.2, 0) is 0 Å². The van der Waals surface area contributed by atoms with Crippen LogP contribution in [0.15, 0.2) is 18.3 Å². The third-order valence-electron chi connectivity index (χ3n) is 1.51. The predicted molar refractivity (Wildman–Crippen MR) is 69.7 cm³/mol. The SMILES string of the molecule is CC.CC.CCNC(=O)c1ccc(C)nc1. The number of amides is 1. The first kappa shape index (κ1) is 17.0. The summed E-state index contributed by atoms with van der Waals surface area (Å²) in [6.07, 6.45) is 1.58. The fourth-order valence-electron chi connectivity index (χ4n) is 0.865. The number of hydrogen-bond donors (Lipinski definition) is 1. The van der Waals surface area contributed by atoms with Gasteiger partial charge < -0.3 is 5.32 Å². The van der Waals surface area contributed by atoms with Crippen molar-refractivity contribution < 1.29 is 4.79 Å². The molecule has 1 rings (SSSR count). The molecule has 1 N–H and O–H groups in total. The minimum Gasteiger partial charge on any atom is -0.352 e. The molecule has 92 valence electrons. The summed E-state index contributed by atoms with van der Waals surface area (Å²) in [5, 5.41) is 2.70. The van der Waals surface area contributed by atoms with Crippen molar-refractivity contribution in [2.75, 3.05) is 6.54 Å². The van der Waals surface area contributed by atoms with Gasteiger partial charge in [-0.2, -0.15) is 0 Å². The molecule has 0 aromatic carbocycles. The van der Waals surface area contributed by atoms with Crippen molar-refractivity contribution >= 4 is 5.91 Å². The number of carbonyl (C=O) groups is 1. The monoisotopic (exact) mass is 224 g/mol. The van der Waals surface area contributed by atoms with Gasteiger partial charge in [0, 0.05) is 18.4 Å². The van der Waals surface area contributed by atoms with Crippen LogP contribution in [0.25, 0.3) is 0 Å². The highest BCUT2D eigenvalue weighted by atomic mass is 16.1. The Bertz CT molecular complexity index is 268. The molecule has 0 saturated carbocycles. The van der Waals surface area contributed by atoms with Crippen LogP contribution in [0.3, 0.4) is 0 Å². The third kappa shape index (κ3) is 6.98. The summed E-state index contributed by atoms with van der Waals surface area (Å²) in [4.78, 5) is 15.2. The summed E-state index contributed by atoms with van der Waals surface area (Å²) in [5.41, 5.74) is 1.53. The van der Waals surface area contributed by atoms with Gasteiger partial charge in [0.15, 0.2) is 0 Å². The molecule has 0 aliphatic carbocycles. The quantitative estimate of drug-likeness (QED) is 0.838. The van der Waals surface area contributed by atoms with Crippen LogP contribution >= 0.6 is 0 Å². The number of aromatic nitrogens is 1. The molecule has 0 aliphatic heterocycles. The molecule has 1 aromatic rings. The number of nitrogens with one attached hydrogen (secondary N) is 1. The highest BCUT2D eigenvalue weighted by Gasteiger charge is 2.02. The molecule has 0 fully saturated rings. The van der Waals surface area contributed by atoms with Gasteiger partial charge in [0.1, 0.15) is 0 Å². The lowest BCUT2D eigenvalue weighted by atomic mass is 10.2. The molecule has 0 bridgehead atoms. The Balaban J connectivity index is 0. The van der Waals surface area contributed by atoms with E-state index in [4.69, 9.17) is 0 Å². The molecule has 1 heterocycles. The lowest BCUT2D eigenvalue weighted by molar-refractivity contribution is 0.0955. The number of rotatable bonds is 2. The maximum Gasteiger partial charge on any atom is 0.252 e. The van der Waals surface area contributed by atoms with E-state index in [1.54, 1.807) is 12.3 Å². The second kappa shape index (κ2) is 11.7. The Morgan fingerprint density at radius 3 is 2.19 bits per heavy atom. The van der Waals surface area contributed by atoms with Gasteiger partial charge in [-0.05, 0) is 26.0 Å². The molecular formula is C13H24N2O. The zero-order valence-electron chi connectivity index (χ0n) is 11.3. The van der Waals surface area contributed by atoms with Crippen LogP contribution in [0.2, 0.25) is 0 Å². The van der Waals surface area contributed by atoms with Crippen LogP contribution < -0.4 is 5.32 Å². The maximum atomic E-state index is 11.2. The van der Waals surface area contributed by atoms with Gasteiger partial charge in [-0.15, -0.1) is 0 Å². The summed E-state index contributed by atoms with van der Waals surface area (Å²) in [5.74, 6) is -0.0648. The summed E-state index contributed by atoms with van der Waals surface area (Å²) >= 11 is 0.